The first-order valence-corrected chi connectivity index (χ1v) is 10.2. The lowest BCUT2D eigenvalue weighted by Crippen LogP contribution is -2.44. The molecule has 0 spiro atoms. The molecule has 132 valence electrons. The fourth-order valence-electron chi connectivity index (χ4n) is 2.72. The van der Waals surface area contributed by atoms with Gasteiger partial charge in [0.25, 0.3) is 0 Å². The summed E-state index contributed by atoms with van der Waals surface area (Å²) < 4.78 is 0. The Labute approximate surface area is 154 Å². The van der Waals surface area contributed by atoms with Gasteiger partial charge in [-0.3, -0.25) is 9.69 Å². The quantitative estimate of drug-likeness (QED) is 0.731. The molecule has 1 aromatic heterocycles. The number of nitrogens with two attached hydrogens (primary N) is 1. The Hall–Kier alpha value is -0.270. The zero-order valence-electron chi connectivity index (χ0n) is 13.7. The highest BCUT2D eigenvalue weighted by Crippen LogP contribution is 2.20. The summed E-state index contributed by atoms with van der Waals surface area (Å²) in [6.45, 7) is 4.09. The van der Waals surface area contributed by atoms with Crippen molar-refractivity contribution < 1.29 is 4.79 Å². The number of nitrogens with one attached hydrogen (secondary N) is 1. The molecule has 1 fully saturated rings. The molecule has 0 radical (unpaired) electrons. The van der Waals surface area contributed by atoms with Gasteiger partial charge in [-0.15, -0.1) is 23.7 Å². The molecule has 4 nitrogen and oxygen atoms in total. The topological polar surface area (TPSA) is 58.4 Å². The van der Waals surface area contributed by atoms with Gasteiger partial charge in [-0.05, 0) is 61.7 Å². The standard InChI is InChI=1S/C16H27N3OS2.ClH/c1-21-10-6-15(17)16(20)18-11-13-4-7-19(8-5-13)12-14-3-2-9-22-14;/h2-3,9,13,15H,4-8,10-12,17H2,1H3,(H,18,20);1H/t15-;/m0./s1. The molecule has 1 aromatic rings. The molecule has 1 atom stereocenters. The van der Waals surface area contributed by atoms with Crippen LogP contribution >= 0.6 is 35.5 Å². The number of rotatable bonds is 8. The monoisotopic (exact) mass is 377 g/mol. The average molecular weight is 378 g/mol. The van der Waals surface area contributed by atoms with Gasteiger partial charge in [-0.1, -0.05) is 6.07 Å². The third-order valence-corrected chi connectivity index (χ3v) is 5.71. The van der Waals surface area contributed by atoms with Crippen molar-refractivity contribution in [3.8, 4) is 0 Å². The smallest absolute Gasteiger partial charge is 0.236 e. The van der Waals surface area contributed by atoms with E-state index in [1.54, 1.807) is 11.8 Å². The number of likely N-dealkylation sites (tertiary alicyclic amines) is 1. The fourth-order valence-corrected chi connectivity index (χ4v) is 3.96. The second kappa shape index (κ2) is 11.3. The van der Waals surface area contributed by atoms with E-state index in [0.29, 0.717) is 5.92 Å². The van der Waals surface area contributed by atoms with E-state index < -0.39 is 0 Å². The van der Waals surface area contributed by atoms with E-state index in [1.807, 2.05) is 17.6 Å². The number of hydrogen-bond donors (Lipinski definition) is 2. The summed E-state index contributed by atoms with van der Waals surface area (Å²) in [5.41, 5.74) is 5.88. The lowest BCUT2D eigenvalue weighted by atomic mass is 9.96. The van der Waals surface area contributed by atoms with E-state index in [9.17, 15) is 4.79 Å². The van der Waals surface area contributed by atoms with Crippen LogP contribution in [0.1, 0.15) is 24.1 Å². The van der Waals surface area contributed by atoms with Crippen LogP contribution in [-0.2, 0) is 11.3 Å². The molecule has 0 saturated carbocycles. The molecule has 1 saturated heterocycles. The SMILES string of the molecule is CSCC[C@H](N)C(=O)NCC1CCN(Cc2cccs2)CC1.Cl. The second-order valence-corrected chi connectivity index (χ2v) is 7.95. The lowest BCUT2D eigenvalue weighted by Gasteiger charge is -2.31. The minimum atomic E-state index is -0.355. The Morgan fingerprint density at radius 2 is 2.26 bits per heavy atom. The van der Waals surface area contributed by atoms with Crippen LogP contribution in [0.3, 0.4) is 0 Å². The predicted molar refractivity (Wildman–Crippen MR) is 104 cm³/mol. The van der Waals surface area contributed by atoms with Crippen molar-refractivity contribution in [3.05, 3.63) is 22.4 Å². The first-order chi connectivity index (χ1) is 10.7. The minimum Gasteiger partial charge on any atom is -0.354 e. The summed E-state index contributed by atoms with van der Waals surface area (Å²) in [6.07, 6.45) is 5.11. The number of hydrogen-bond acceptors (Lipinski definition) is 5. The Morgan fingerprint density at radius 3 is 2.87 bits per heavy atom. The van der Waals surface area contributed by atoms with Gasteiger partial charge in [0.15, 0.2) is 0 Å². The van der Waals surface area contributed by atoms with E-state index in [0.717, 1.165) is 51.2 Å². The van der Waals surface area contributed by atoms with Crippen molar-refractivity contribution in [2.45, 2.75) is 31.8 Å². The van der Waals surface area contributed by atoms with E-state index in [4.69, 9.17) is 5.73 Å². The van der Waals surface area contributed by atoms with Crippen LogP contribution in [-0.4, -0.2) is 48.5 Å². The van der Waals surface area contributed by atoms with Crippen LogP contribution in [0.15, 0.2) is 17.5 Å². The average Bonchev–Trinajstić information content (AvgIpc) is 3.04. The summed E-state index contributed by atoms with van der Waals surface area (Å²) in [4.78, 5) is 15.9. The van der Waals surface area contributed by atoms with Gasteiger partial charge in [0.2, 0.25) is 5.91 Å². The van der Waals surface area contributed by atoms with Crippen molar-refractivity contribution in [2.75, 3.05) is 31.6 Å². The Kier molecular flexibility index (Phi) is 10.2. The number of thiophene rings is 1. The van der Waals surface area contributed by atoms with Gasteiger partial charge in [0.1, 0.15) is 0 Å². The first kappa shape index (κ1) is 20.8. The molecule has 3 N–H and O–H groups in total. The van der Waals surface area contributed by atoms with Crippen molar-refractivity contribution in [2.24, 2.45) is 11.7 Å². The number of carbonyl (C=O) groups excluding carboxylic acids is 1. The zero-order valence-corrected chi connectivity index (χ0v) is 16.2. The van der Waals surface area contributed by atoms with Gasteiger partial charge < -0.3 is 11.1 Å². The molecule has 1 aliphatic rings. The van der Waals surface area contributed by atoms with Gasteiger partial charge in [-0.2, -0.15) is 11.8 Å². The number of amides is 1. The van der Waals surface area contributed by atoms with Gasteiger partial charge in [-0.25, -0.2) is 0 Å². The number of thioether (sulfide) groups is 1. The normalized spacial score (nSPS) is 17.5. The fraction of sp³-hybridized carbons (Fsp3) is 0.688. The first-order valence-electron chi connectivity index (χ1n) is 7.96. The van der Waals surface area contributed by atoms with Gasteiger partial charge >= 0.3 is 0 Å². The number of halogens is 1. The predicted octanol–water partition coefficient (Wildman–Crippen LogP) is 2.58. The van der Waals surface area contributed by atoms with Crippen molar-refractivity contribution >= 4 is 41.4 Å². The summed E-state index contributed by atoms with van der Waals surface area (Å²) in [6, 6.07) is 3.96. The molecule has 0 aromatic carbocycles. The Bertz CT molecular complexity index is 437. The Morgan fingerprint density at radius 1 is 1.52 bits per heavy atom. The lowest BCUT2D eigenvalue weighted by molar-refractivity contribution is -0.122. The minimum absolute atomic E-state index is 0. The van der Waals surface area contributed by atoms with Crippen LogP contribution in [0.5, 0.6) is 0 Å². The summed E-state index contributed by atoms with van der Waals surface area (Å²) in [5.74, 6) is 1.54. The number of nitrogens with zero attached hydrogens (tertiary/aromatic N) is 1. The van der Waals surface area contributed by atoms with Crippen LogP contribution in [0.4, 0.5) is 0 Å². The summed E-state index contributed by atoms with van der Waals surface area (Å²) >= 11 is 3.56. The highest BCUT2D eigenvalue weighted by atomic mass is 35.5. The van der Waals surface area contributed by atoms with Crippen LogP contribution in [0, 0.1) is 5.92 Å². The third-order valence-electron chi connectivity index (χ3n) is 4.20. The molecular formula is C16H28ClN3OS2. The maximum Gasteiger partial charge on any atom is 0.236 e. The summed E-state index contributed by atoms with van der Waals surface area (Å²) in [7, 11) is 0. The van der Waals surface area contributed by atoms with E-state index in [1.165, 1.54) is 4.88 Å². The van der Waals surface area contributed by atoms with Gasteiger partial charge in [0, 0.05) is 18.0 Å². The molecular weight excluding hydrogens is 350 g/mol. The maximum absolute atomic E-state index is 11.9. The van der Waals surface area contributed by atoms with Crippen LogP contribution in [0.25, 0.3) is 0 Å². The third kappa shape index (κ3) is 7.44. The molecule has 2 rings (SSSR count). The molecule has 1 amide bonds. The molecule has 2 heterocycles. The molecule has 1 aliphatic heterocycles. The zero-order chi connectivity index (χ0) is 15.8. The molecule has 7 heteroatoms. The maximum atomic E-state index is 11.9. The largest absolute Gasteiger partial charge is 0.354 e. The number of carbonyl (C=O) groups is 1. The van der Waals surface area contributed by atoms with Crippen molar-refractivity contribution in [3.63, 3.8) is 0 Å². The van der Waals surface area contributed by atoms with Gasteiger partial charge in [0.05, 0.1) is 6.04 Å². The van der Waals surface area contributed by atoms with Crippen LogP contribution < -0.4 is 11.1 Å². The highest BCUT2D eigenvalue weighted by Gasteiger charge is 2.21. The molecule has 0 aliphatic carbocycles. The number of piperidine rings is 1. The molecule has 0 unspecified atom stereocenters. The van der Waals surface area contributed by atoms with E-state index in [-0.39, 0.29) is 24.4 Å². The van der Waals surface area contributed by atoms with E-state index >= 15 is 0 Å². The molecule has 23 heavy (non-hydrogen) atoms. The second-order valence-electron chi connectivity index (χ2n) is 5.93. The highest BCUT2D eigenvalue weighted by molar-refractivity contribution is 7.98. The molecule has 0 bridgehead atoms. The van der Waals surface area contributed by atoms with Crippen molar-refractivity contribution in [1.82, 2.24) is 10.2 Å². The Balaban J connectivity index is 0.00000264. The summed E-state index contributed by atoms with van der Waals surface area (Å²) in [5, 5.41) is 5.17. The van der Waals surface area contributed by atoms with Crippen LogP contribution in [0.2, 0.25) is 0 Å². The van der Waals surface area contributed by atoms with E-state index in [2.05, 4.69) is 27.7 Å². The van der Waals surface area contributed by atoms with Crippen molar-refractivity contribution in [1.29, 1.82) is 0 Å².